The highest BCUT2D eigenvalue weighted by atomic mass is 19.1. The first-order chi connectivity index (χ1) is 13.0. The van der Waals surface area contributed by atoms with Gasteiger partial charge in [0.1, 0.15) is 23.3 Å². The maximum atomic E-state index is 13.0. The van der Waals surface area contributed by atoms with Crippen molar-refractivity contribution in [2.75, 3.05) is 36.4 Å². The number of anilines is 2. The Morgan fingerprint density at radius 1 is 0.963 bits per heavy atom. The number of halogens is 2. The Bertz CT molecular complexity index is 864. The smallest absolute Gasteiger partial charge is 0.267 e. The van der Waals surface area contributed by atoms with E-state index in [1.54, 1.807) is 18.3 Å². The van der Waals surface area contributed by atoms with Crippen LogP contribution in [0.5, 0.6) is 0 Å². The molecule has 0 spiro atoms. The quantitative estimate of drug-likeness (QED) is 0.665. The van der Waals surface area contributed by atoms with Crippen molar-refractivity contribution >= 4 is 17.3 Å². The van der Waals surface area contributed by atoms with E-state index in [0.717, 1.165) is 5.69 Å². The molecule has 0 atom stereocenters. The van der Waals surface area contributed by atoms with Crippen LogP contribution in [0.3, 0.4) is 0 Å². The summed E-state index contributed by atoms with van der Waals surface area (Å²) in [5.41, 5.74) is 1.34. The van der Waals surface area contributed by atoms with Gasteiger partial charge in [-0.05, 0) is 48.5 Å². The largest absolute Gasteiger partial charge is 0.373 e. The lowest BCUT2D eigenvalue weighted by Gasteiger charge is -2.35. The zero-order valence-corrected chi connectivity index (χ0v) is 14.5. The van der Waals surface area contributed by atoms with Gasteiger partial charge in [0.15, 0.2) is 0 Å². The molecule has 1 aliphatic heterocycles. The van der Waals surface area contributed by atoms with Crippen LogP contribution in [0, 0.1) is 23.0 Å². The van der Waals surface area contributed by atoms with Crippen LogP contribution >= 0.6 is 0 Å². The minimum atomic E-state index is -0.537. The molecule has 1 saturated heterocycles. The monoisotopic (exact) mass is 368 g/mol. The predicted octanol–water partition coefficient (Wildman–Crippen LogP) is 3.13. The van der Waals surface area contributed by atoms with E-state index in [4.69, 9.17) is 0 Å². The Morgan fingerprint density at radius 3 is 2.07 bits per heavy atom. The van der Waals surface area contributed by atoms with Gasteiger partial charge in [0.25, 0.3) is 5.91 Å². The van der Waals surface area contributed by atoms with Gasteiger partial charge in [-0.25, -0.2) is 8.78 Å². The minimum Gasteiger partial charge on any atom is -0.373 e. The second-order valence-corrected chi connectivity index (χ2v) is 6.12. The molecule has 1 amide bonds. The number of hydrogen-bond acceptors (Lipinski definition) is 4. The van der Waals surface area contributed by atoms with Crippen molar-refractivity contribution in [2.24, 2.45) is 0 Å². The summed E-state index contributed by atoms with van der Waals surface area (Å²) in [5, 5.41) is 11.9. The van der Waals surface area contributed by atoms with Crippen molar-refractivity contribution in [1.82, 2.24) is 4.90 Å². The average Bonchev–Trinajstić information content (AvgIpc) is 2.69. The van der Waals surface area contributed by atoms with Gasteiger partial charge in [-0.15, -0.1) is 0 Å². The van der Waals surface area contributed by atoms with Crippen LogP contribution in [0.25, 0.3) is 0 Å². The number of hydrogen-bond donors (Lipinski definition) is 1. The Hall–Kier alpha value is -3.40. The van der Waals surface area contributed by atoms with Crippen LogP contribution in [0.4, 0.5) is 20.2 Å². The Morgan fingerprint density at radius 2 is 1.52 bits per heavy atom. The van der Waals surface area contributed by atoms with Crippen LogP contribution in [0.1, 0.15) is 0 Å². The lowest BCUT2D eigenvalue weighted by Crippen LogP contribution is -2.44. The predicted molar refractivity (Wildman–Crippen MR) is 98.9 cm³/mol. The molecule has 0 aromatic heterocycles. The van der Waals surface area contributed by atoms with Crippen molar-refractivity contribution in [1.29, 1.82) is 5.26 Å². The molecule has 1 heterocycles. The first kappa shape index (κ1) is 18.4. The lowest BCUT2D eigenvalue weighted by molar-refractivity contribution is -0.112. The van der Waals surface area contributed by atoms with Gasteiger partial charge in [0, 0.05) is 43.8 Å². The topological polar surface area (TPSA) is 59.4 Å². The van der Waals surface area contributed by atoms with Crippen LogP contribution in [-0.2, 0) is 4.79 Å². The van der Waals surface area contributed by atoms with Gasteiger partial charge in [0.05, 0.1) is 0 Å². The van der Waals surface area contributed by atoms with Crippen molar-refractivity contribution in [3.63, 3.8) is 0 Å². The van der Waals surface area contributed by atoms with Crippen molar-refractivity contribution in [3.05, 3.63) is 71.9 Å². The lowest BCUT2D eigenvalue weighted by atomic mass is 10.2. The molecule has 0 bridgehead atoms. The van der Waals surface area contributed by atoms with E-state index in [1.807, 2.05) is 11.0 Å². The average molecular weight is 368 g/mol. The Balaban J connectivity index is 1.59. The Labute approximate surface area is 156 Å². The van der Waals surface area contributed by atoms with Crippen LogP contribution in [0.15, 0.2) is 60.3 Å². The van der Waals surface area contributed by atoms with Gasteiger partial charge >= 0.3 is 0 Å². The van der Waals surface area contributed by atoms with Crippen LogP contribution < -0.4 is 10.2 Å². The van der Waals surface area contributed by atoms with Gasteiger partial charge in [-0.1, -0.05) is 0 Å². The van der Waals surface area contributed by atoms with E-state index in [9.17, 15) is 18.8 Å². The number of benzene rings is 2. The number of nitrogens with zero attached hydrogens (tertiary/aromatic N) is 3. The van der Waals surface area contributed by atoms with Gasteiger partial charge in [-0.2, -0.15) is 5.26 Å². The van der Waals surface area contributed by atoms with Crippen LogP contribution in [-0.4, -0.2) is 37.0 Å². The number of rotatable bonds is 4. The molecule has 2 aromatic carbocycles. The number of piperazine rings is 1. The third-order valence-corrected chi connectivity index (χ3v) is 4.28. The summed E-state index contributed by atoms with van der Waals surface area (Å²) in [6, 6.07) is 13.6. The second kappa shape index (κ2) is 8.32. The maximum Gasteiger partial charge on any atom is 0.267 e. The van der Waals surface area contributed by atoms with E-state index in [-0.39, 0.29) is 11.4 Å². The molecule has 3 rings (SSSR count). The fraction of sp³-hybridized carbons (Fsp3) is 0.200. The molecule has 1 fully saturated rings. The molecule has 7 heteroatoms. The standard InChI is InChI=1S/C20H18F2N4O/c21-16-1-5-18(6-2-16)24-20(27)15(13-23)14-25-9-11-26(12-10-25)19-7-3-17(22)4-8-19/h1-8,14H,9-12H2,(H,24,27)/b15-14-. The van der Waals surface area contributed by atoms with Gasteiger partial charge in [-0.3, -0.25) is 4.79 Å². The van der Waals surface area contributed by atoms with Crippen molar-refractivity contribution in [2.45, 2.75) is 0 Å². The number of nitriles is 1. The summed E-state index contributed by atoms with van der Waals surface area (Å²) < 4.78 is 26.0. The van der Waals surface area contributed by atoms with Gasteiger partial charge in [0.2, 0.25) is 0 Å². The van der Waals surface area contributed by atoms with E-state index < -0.39 is 11.7 Å². The zero-order valence-electron chi connectivity index (χ0n) is 14.5. The molecule has 5 nitrogen and oxygen atoms in total. The molecule has 0 saturated carbocycles. The van der Waals surface area contributed by atoms with Gasteiger partial charge < -0.3 is 15.1 Å². The highest BCUT2D eigenvalue weighted by Gasteiger charge is 2.18. The fourth-order valence-electron chi connectivity index (χ4n) is 2.81. The molecule has 0 aliphatic carbocycles. The van der Waals surface area contributed by atoms with E-state index >= 15 is 0 Å². The summed E-state index contributed by atoms with van der Waals surface area (Å²) in [6.07, 6.45) is 1.54. The molecule has 27 heavy (non-hydrogen) atoms. The molecule has 1 aliphatic rings. The number of nitrogens with one attached hydrogen (secondary N) is 1. The number of carbonyl (C=O) groups is 1. The first-order valence-electron chi connectivity index (χ1n) is 8.48. The molecule has 1 N–H and O–H groups in total. The third kappa shape index (κ3) is 4.82. The SMILES string of the molecule is N#C/C(=C/N1CCN(c2ccc(F)cc2)CC1)C(=O)Nc1ccc(F)cc1. The molecule has 0 radical (unpaired) electrons. The molecule has 2 aromatic rings. The minimum absolute atomic E-state index is 0.0189. The fourth-order valence-corrected chi connectivity index (χ4v) is 2.81. The second-order valence-electron chi connectivity index (χ2n) is 6.12. The normalized spacial score (nSPS) is 14.6. The third-order valence-electron chi connectivity index (χ3n) is 4.28. The molecular formula is C20H18F2N4O. The van der Waals surface area contributed by atoms with E-state index in [2.05, 4.69) is 10.2 Å². The highest BCUT2D eigenvalue weighted by Crippen LogP contribution is 2.17. The summed E-state index contributed by atoms with van der Waals surface area (Å²) in [6.45, 7) is 2.65. The first-order valence-corrected chi connectivity index (χ1v) is 8.48. The number of carbonyl (C=O) groups excluding carboxylic acids is 1. The highest BCUT2D eigenvalue weighted by molar-refractivity contribution is 6.06. The van der Waals surface area contributed by atoms with Crippen LogP contribution in [0.2, 0.25) is 0 Å². The van der Waals surface area contributed by atoms with E-state index in [1.165, 1.54) is 36.4 Å². The molecule has 138 valence electrons. The summed E-state index contributed by atoms with van der Waals surface area (Å²) in [7, 11) is 0. The summed E-state index contributed by atoms with van der Waals surface area (Å²) >= 11 is 0. The van der Waals surface area contributed by atoms with Crippen molar-refractivity contribution < 1.29 is 13.6 Å². The maximum absolute atomic E-state index is 13.0. The van der Waals surface area contributed by atoms with Crippen molar-refractivity contribution in [3.8, 4) is 6.07 Å². The Kier molecular flexibility index (Phi) is 5.67. The zero-order chi connectivity index (χ0) is 19.2. The summed E-state index contributed by atoms with van der Waals surface area (Å²) in [5.74, 6) is -1.21. The number of amides is 1. The molecular weight excluding hydrogens is 350 g/mol. The van der Waals surface area contributed by atoms with E-state index in [0.29, 0.717) is 31.9 Å². The summed E-state index contributed by atoms with van der Waals surface area (Å²) in [4.78, 5) is 16.3. The molecule has 0 unspecified atom stereocenters.